The molecule has 1 N–H and O–H groups in total. The van der Waals surface area contributed by atoms with Crippen LogP contribution in [0.3, 0.4) is 0 Å². The van der Waals surface area contributed by atoms with Crippen LogP contribution in [0, 0.1) is 0 Å². The molecule has 0 saturated heterocycles. The van der Waals surface area contributed by atoms with Crippen LogP contribution in [-0.2, 0) is 0 Å². The Bertz CT molecular complexity index is 574. The first-order chi connectivity index (χ1) is 8.70. The number of methoxy groups -OCH3 is 1. The maximum absolute atomic E-state index is 11.6. The molecule has 0 amide bonds. The number of phenols is 1. The van der Waals surface area contributed by atoms with Gasteiger partial charge in [0.15, 0.2) is 0 Å². The van der Waals surface area contributed by atoms with E-state index in [0.717, 1.165) is 0 Å². The average Bonchev–Trinajstić information content (AvgIpc) is 2.90. The Labute approximate surface area is 104 Å². The molecule has 0 aliphatic rings. The maximum atomic E-state index is 11.6. The lowest BCUT2D eigenvalue weighted by Gasteiger charge is -2.02. The summed E-state index contributed by atoms with van der Waals surface area (Å²) >= 11 is 0. The zero-order valence-electron chi connectivity index (χ0n) is 9.78. The number of phenolic OH excluding ortho intramolecular Hbond substituents is 1. The van der Waals surface area contributed by atoms with E-state index in [0.29, 0.717) is 11.3 Å². The van der Waals surface area contributed by atoms with Crippen molar-refractivity contribution < 1.29 is 14.6 Å². The molecule has 1 aromatic heterocycles. The number of nitrogens with zero attached hydrogens (tertiary/aromatic N) is 2. The van der Waals surface area contributed by atoms with Gasteiger partial charge in [-0.2, -0.15) is 0 Å². The molecule has 1 heterocycles. The zero-order valence-corrected chi connectivity index (χ0v) is 9.78. The predicted molar refractivity (Wildman–Crippen MR) is 66.5 cm³/mol. The Morgan fingerprint density at radius 2 is 2.33 bits per heavy atom. The van der Waals surface area contributed by atoms with Crippen molar-refractivity contribution in [1.82, 2.24) is 9.55 Å². The second kappa shape index (κ2) is 5.18. The van der Waals surface area contributed by atoms with Gasteiger partial charge >= 0.3 is 0 Å². The Hall–Kier alpha value is -2.56. The molecule has 0 radical (unpaired) electrons. The number of aromatic nitrogens is 2. The van der Waals surface area contributed by atoms with Gasteiger partial charge in [0.25, 0.3) is 5.91 Å². The highest BCUT2D eigenvalue weighted by atomic mass is 16.5. The third-order valence-electron chi connectivity index (χ3n) is 2.40. The summed E-state index contributed by atoms with van der Waals surface area (Å²) in [6.07, 6.45) is 7.40. The van der Waals surface area contributed by atoms with Gasteiger partial charge in [0.1, 0.15) is 17.8 Å². The molecule has 5 heteroatoms. The first kappa shape index (κ1) is 11.9. The van der Waals surface area contributed by atoms with E-state index in [1.807, 2.05) is 0 Å². The van der Waals surface area contributed by atoms with Gasteiger partial charge in [-0.3, -0.25) is 9.36 Å². The molecule has 2 aromatic rings. The van der Waals surface area contributed by atoms with Crippen LogP contribution < -0.4 is 4.74 Å². The molecule has 0 aliphatic heterocycles. The molecule has 5 nitrogen and oxygen atoms in total. The Morgan fingerprint density at radius 1 is 1.50 bits per heavy atom. The molecule has 0 aliphatic carbocycles. The Morgan fingerprint density at radius 3 is 2.94 bits per heavy atom. The Kier molecular flexibility index (Phi) is 3.43. The lowest BCUT2D eigenvalue weighted by molar-refractivity contribution is 0.0969. The van der Waals surface area contributed by atoms with E-state index in [4.69, 9.17) is 4.74 Å². The van der Waals surface area contributed by atoms with Crippen molar-refractivity contribution in [3.05, 3.63) is 48.6 Å². The van der Waals surface area contributed by atoms with Gasteiger partial charge in [-0.05, 0) is 18.2 Å². The number of hydrogen-bond donors (Lipinski definition) is 1. The number of carbonyl (C=O) groups excluding carboxylic acids is 1. The fourth-order valence-electron chi connectivity index (χ4n) is 1.43. The quantitative estimate of drug-likeness (QED) is 0.838. The molecule has 0 spiro atoms. The van der Waals surface area contributed by atoms with Crippen LogP contribution in [0.5, 0.6) is 11.5 Å². The van der Waals surface area contributed by atoms with Gasteiger partial charge < -0.3 is 9.84 Å². The summed E-state index contributed by atoms with van der Waals surface area (Å²) in [6, 6.07) is 4.87. The van der Waals surface area contributed by atoms with E-state index in [9.17, 15) is 9.90 Å². The lowest BCUT2D eigenvalue weighted by Crippen LogP contribution is -2.03. The van der Waals surface area contributed by atoms with Crippen molar-refractivity contribution >= 4 is 12.0 Å². The minimum Gasteiger partial charge on any atom is -0.507 e. The maximum Gasteiger partial charge on any atom is 0.255 e. The fraction of sp³-hybridized carbons (Fsp3) is 0.0769. The smallest absolute Gasteiger partial charge is 0.255 e. The van der Waals surface area contributed by atoms with Gasteiger partial charge in [0, 0.05) is 30.1 Å². The highest BCUT2D eigenvalue weighted by Crippen LogP contribution is 2.24. The predicted octanol–water partition coefficient (Wildman–Crippen LogP) is 1.95. The van der Waals surface area contributed by atoms with Crippen LogP contribution in [0.1, 0.15) is 10.4 Å². The van der Waals surface area contributed by atoms with E-state index in [1.54, 1.807) is 18.3 Å². The average molecular weight is 244 g/mol. The molecule has 0 bridgehead atoms. The van der Waals surface area contributed by atoms with E-state index in [2.05, 4.69) is 4.98 Å². The monoisotopic (exact) mass is 244 g/mol. The van der Waals surface area contributed by atoms with Crippen LogP contribution in [0.4, 0.5) is 0 Å². The molecule has 2 rings (SSSR count). The molecular weight excluding hydrogens is 232 g/mol. The van der Waals surface area contributed by atoms with Gasteiger partial charge in [0.2, 0.25) is 0 Å². The highest BCUT2D eigenvalue weighted by Gasteiger charge is 2.02. The summed E-state index contributed by atoms with van der Waals surface area (Å²) in [4.78, 5) is 15.4. The van der Waals surface area contributed by atoms with Gasteiger partial charge in [-0.15, -0.1) is 0 Å². The summed E-state index contributed by atoms with van der Waals surface area (Å²) < 4.78 is 6.32. The van der Waals surface area contributed by atoms with Gasteiger partial charge in [0.05, 0.1) is 7.11 Å². The normalized spacial score (nSPS) is 10.7. The third kappa shape index (κ3) is 2.57. The van der Waals surface area contributed by atoms with Gasteiger partial charge in [-0.1, -0.05) is 0 Å². The van der Waals surface area contributed by atoms with E-state index in [1.165, 1.54) is 42.4 Å². The molecule has 1 aromatic carbocycles. The summed E-state index contributed by atoms with van der Waals surface area (Å²) in [6.45, 7) is 0. The van der Waals surface area contributed by atoms with Gasteiger partial charge in [-0.25, -0.2) is 4.98 Å². The van der Waals surface area contributed by atoms with Crippen LogP contribution >= 0.6 is 0 Å². The summed E-state index contributed by atoms with van der Waals surface area (Å²) in [7, 11) is 1.52. The fourth-order valence-corrected chi connectivity index (χ4v) is 1.43. The van der Waals surface area contributed by atoms with E-state index >= 15 is 0 Å². The number of aromatic hydroxyl groups is 1. The SMILES string of the molecule is COc1ccc(/C=C/C(=O)n2ccnc2)c(O)c1. The van der Waals surface area contributed by atoms with Crippen molar-refractivity contribution in [2.24, 2.45) is 0 Å². The summed E-state index contributed by atoms with van der Waals surface area (Å²) in [5, 5.41) is 9.70. The number of rotatable bonds is 3. The second-order valence-corrected chi connectivity index (χ2v) is 3.57. The summed E-state index contributed by atoms with van der Waals surface area (Å²) in [5.41, 5.74) is 0.546. The second-order valence-electron chi connectivity index (χ2n) is 3.57. The molecule has 0 atom stereocenters. The molecule has 92 valence electrons. The van der Waals surface area contributed by atoms with Crippen molar-refractivity contribution in [1.29, 1.82) is 0 Å². The molecular formula is C13H12N2O3. The highest BCUT2D eigenvalue weighted by molar-refractivity contribution is 5.93. The number of imidazole rings is 1. The Balaban J connectivity index is 2.16. The first-order valence-electron chi connectivity index (χ1n) is 5.28. The largest absolute Gasteiger partial charge is 0.507 e. The van der Waals surface area contributed by atoms with Crippen LogP contribution in [-0.4, -0.2) is 27.7 Å². The molecule has 18 heavy (non-hydrogen) atoms. The lowest BCUT2D eigenvalue weighted by atomic mass is 10.2. The van der Waals surface area contributed by atoms with Crippen LogP contribution in [0.2, 0.25) is 0 Å². The van der Waals surface area contributed by atoms with Crippen molar-refractivity contribution in [3.63, 3.8) is 0 Å². The summed E-state index contributed by atoms with van der Waals surface area (Å²) in [5.74, 6) is 0.386. The first-order valence-corrected chi connectivity index (χ1v) is 5.28. The minimum absolute atomic E-state index is 0.0593. The number of hydrogen-bond acceptors (Lipinski definition) is 4. The molecule has 0 unspecified atom stereocenters. The zero-order chi connectivity index (χ0) is 13.0. The number of carbonyl (C=O) groups is 1. The van der Waals surface area contributed by atoms with E-state index in [-0.39, 0.29) is 11.7 Å². The standard InChI is InChI=1S/C13H12N2O3/c1-18-11-4-2-10(12(16)8-11)3-5-13(17)15-7-6-14-9-15/h2-9,16H,1H3/b5-3+. The van der Waals surface area contributed by atoms with E-state index < -0.39 is 0 Å². The number of ether oxygens (including phenoxy) is 1. The topological polar surface area (TPSA) is 64.4 Å². The molecule has 0 saturated carbocycles. The van der Waals surface area contributed by atoms with Crippen LogP contribution in [0.15, 0.2) is 43.0 Å². The number of allylic oxidation sites excluding steroid dienone is 1. The third-order valence-corrected chi connectivity index (χ3v) is 2.40. The molecule has 0 fully saturated rings. The number of benzene rings is 1. The van der Waals surface area contributed by atoms with Crippen molar-refractivity contribution in [3.8, 4) is 11.5 Å². The van der Waals surface area contributed by atoms with Crippen molar-refractivity contribution in [2.75, 3.05) is 7.11 Å². The van der Waals surface area contributed by atoms with Crippen LogP contribution in [0.25, 0.3) is 6.08 Å². The minimum atomic E-state index is -0.234. The van der Waals surface area contributed by atoms with Crippen molar-refractivity contribution in [2.45, 2.75) is 0 Å².